The average Bonchev–Trinajstić information content (AvgIpc) is 2.69. The van der Waals surface area contributed by atoms with Crippen molar-refractivity contribution in [3.63, 3.8) is 0 Å². The zero-order valence-electron chi connectivity index (χ0n) is 16.0. The first-order valence-electron chi connectivity index (χ1n) is 8.45. The second kappa shape index (κ2) is 10.6. The molecule has 1 aliphatic rings. The minimum atomic E-state index is -0.350. The summed E-state index contributed by atoms with van der Waals surface area (Å²) >= 11 is 6.07. The number of methoxy groups -OCH3 is 2. The van der Waals surface area contributed by atoms with Gasteiger partial charge in [-0.05, 0) is 18.2 Å². The number of piperazine rings is 1. The lowest BCUT2D eigenvalue weighted by atomic mass is 10.1. The maximum Gasteiger partial charge on any atom is 0.257 e. The van der Waals surface area contributed by atoms with Gasteiger partial charge in [0.1, 0.15) is 17.3 Å². The lowest BCUT2D eigenvalue weighted by Crippen LogP contribution is -2.49. The number of nitrogens with zero attached hydrogens (tertiary/aromatic N) is 2. The van der Waals surface area contributed by atoms with Crippen LogP contribution in [0.3, 0.4) is 0 Å². The van der Waals surface area contributed by atoms with Crippen molar-refractivity contribution in [1.29, 1.82) is 0 Å². The highest BCUT2D eigenvalue weighted by Gasteiger charge is 2.26. The molecule has 0 radical (unpaired) electrons. The first kappa shape index (κ1) is 24.9. The molecule has 2 N–H and O–H groups in total. The van der Waals surface area contributed by atoms with Gasteiger partial charge < -0.3 is 25.0 Å². The van der Waals surface area contributed by atoms with E-state index in [1.54, 1.807) is 17.0 Å². The summed E-state index contributed by atoms with van der Waals surface area (Å²) in [4.78, 5) is 16.7. The molecule has 10 heteroatoms. The van der Waals surface area contributed by atoms with Crippen molar-refractivity contribution >= 4 is 53.7 Å². The Hall–Kier alpha value is -2.09. The minimum Gasteiger partial charge on any atom is -0.496 e. The zero-order valence-corrected chi connectivity index (χ0v) is 18.4. The van der Waals surface area contributed by atoms with Crippen molar-refractivity contribution < 1.29 is 18.7 Å². The van der Waals surface area contributed by atoms with Crippen LogP contribution in [0.5, 0.6) is 11.5 Å². The number of hydrogen-bond donors (Lipinski definition) is 1. The summed E-state index contributed by atoms with van der Waals surface area (Å²) in [5.74, 6) is 0.350. The monoisotopic (exact) mass is 465 g/mol. The number of carbonyl (C=O) groups excluding carboxylic acids is 1. The predicted octanol–water partition coefficient (Wildman–Crippen LogP) is 3.88. The second-order valence-corrected chi connectivity index (χ2v) is 6.58. The third kappa shape index (κ3) is 5.29. The van der Waals surface area contributed by atoms with Crippen LogP contribution in [-0.4, -0.2) is 51.2 Å². The van der Waals surface area contributed by atoms with E-state index in [0.717, 1.165) is 5.69 Å². The van der Waals surface area contributed by atoms with Crippen LogP contribution in [0.4, 0.5) is 15.8 Å². The Kier molecular flexibility index (Phi) is 9.14. The molecular weight excluding hydrogens is 444 g/mol. The molecule has 1 saturated heterocycles. The quantitative estimate of drug-likeness (QED) is 0.693. The normalized spacial score (nSPS) is 13.2. The van der Waals surface area contributed by atoms with Gasteiger partial charge in [-0.25, -0.2) is 4.39 Å². The third-order valence-electron chi connectivity index (χ3n) is 4.60. The van der Waals surface area contributed by atoms with Crippen molar-refractivity contribution in [3.8, 4) is 11.5 Å². The molecule has 0 unspecified atom stereocenters. The Balaban J connectivity index is 0.00000210. The molecule has 160 valence electrons. The highest BCUT2D eigenvalue weighted by Crippen LogP contribution is 2.32. The van der Waals surface area contributed by atoms with Gasteiger partial charge in [-0.1, -0.05) is 11.6 Å². The minimum absolute atomic E-state index is 0. The summed E-state index contributed by atoms with van der Waals surface area (Å²) in [6.07, 6.45) is 0. The Bertz CT molecular complexity index is 862. The summed E-state index contributed by atoms with van der Waals surface area (Å²) in [5.41, 5.74) is 7.33. The number of hydrogen-bond acceptors (Lipinski definition) is 5. The summed E-state index contributed by atoms with van der Waals surface area (Å²) in [5, 5.41) is 0.314. The van der Waals surface area contributed by atoms with Crippen molar-refractivity contribution in [3.05, 3.63) is 46.7 Å². The number of anilines is 2. The molecule has 0 spiro atoms. The Morgan fingerprint density at radius 2 is 1.66 bits per heavy atom. The molecule has 2 aromatic rings. The van der Waals surface area contributed by atoms with Gasteiger partial charge in [0.15, 0.2) is 0 Å². The number of nitrogens with two attached hydrogens (primary N) is 1. The second-order valence-electron chi connectivity index (χ2n) is 6.17. The maximum absolute atomic E-state index is 13.4. The van der Waals surface area contributed by atoms with E-state index in [1.165, 1.54) is 32.4 Å². The van der Waals surface area contributed by atoms with Gasteiger partial charge in [0.05, 0.1) is 36.2 Å². The number of nitrogen functional groups attached to an aromatic ring is 1. The van der Waals surface area contributed by atoms with Gasteiger partial charge in [-0.2, -0.15) is 0 Å². The Labute approximate surface area is 186 Å². The molecule has 29 heavy (non-hydrogen) atoms. The summed E-state index contributed by atoms with van der Waals surface area (Å²) < 4.78 is 24.0. The fraction of sp³-hybridized carbons (Fsp3) is 0.316. The first-order chi connectivity index (χ1) is 12.9. The molecule has 6 nitrogen and oxygen atoms in total. The summed E-state index contributed by atoms with van der Waals surface area (Å²) in [6, 6.07) is 7.53. The van der Waals surface area contributed by atoms with Gasteiger partial charge in [0.2, 0.25) is 0 Å². The van der Waals surface area contributed by atoms with Crippen LogP contribution < -0.4 is 20.1 Å². The lowest BCUT2D eigenvalue weighted by molar-refractivity contribution is 0.0743. The van der Waals surface area contributed by atoms with Crippen LogP contribution in [0.15, 0.2) is 30.3 Å². The molecule has 0 bridgehead atoms. The van der Waals surface area contributed by atoms with Gasteiger partial charge in [-0.15, -0.1) is 24.8 Å². The standard InChI is InChI=1S/C19H21ClFN3O3.2ClH/c1-26-17-11-15(22)14(20)10-13(17)19(25)24-7-5-23(6-8-24)16-4-3-12(21)9-18(16)27-2;;/h3-4,9-11H,5-8,22H2,1-2H3;2*1H. The number of carbonyl (C=O) groups is 1. The first-order valence-corrected chi connectivity index (χ1v) is 8.83. The van der Waals surface area contributed by atoms with Crippen molar-refractivity contribution in [1.82, 2.24) is 4.90 Å². The summed E-state index contributed by atoms with van der Waals surface area (Å²) in [7, 11) is 2.99. The third-order valence-corrected chi connectivity index (χ3v) is 4.93. The molecule has 1 aliphatic heterocycles. The van der Waals surface area contributed by atoms with E-state index in [1.807, 2.05) is 0 Å². The fourth-order valence-electron chi connectivity index (χ4n) is 3.14. The topological polar surface area (TPSA) is 68.0 Å². The van der Waals surface area contributed by atoms with Crippen molar-refractivity contribution in [2.24, 2.45) is 0 Å². The van der Waals surface area contributed by atoms with Crippen LogP contribution in [0.1, 0.15) is 10.4 Å². The number of ether oxygens (including phenoxy) is 2. The zero-order chi connectivity index (χ0) is 19.6. The predicted molar refractivity (Wildman–Crippen MR) is 118 cm³/mol. The van der Waals surface area contributed by atoms with E-state index in [2.05, 4.69) is 4.90 Å². The van der Waals surface area contributed by atoms with Gasteiger partial charge >= 0.3 is 0 Å². The largest absolute Gasteiger partial charge is 0.496 e. The van der Waals surface area contributed by atoms with Crippen LogP contribution >= 0.6 is 36.4 Å². The van der Waals surface area contributed by atoms with E-state index >= 15 is 0 Å². The Morgan fingerprint density at radius 3 is 2.24 bits per heavy atom. The van der Waals surface area contributed by atoms with Gasteiger partial charge in [0.25, 0.3) is 5.91 Å². The van der Waals surface area contributed by atoms with Crippen LogP contribution in [0.2, 0.25) is 5.02 Å². The molecular formula is C19H23Cl3FN3O3. The lowest BCUT2D eigenvalue weighted by Gasteiger charge is -2.36. The smallest absolute Gasteiger partial charge is 0.257 e. The SMILES string of the molecule is COc1cc(N)c(Cl)cc1C(=O)N1CCN(c2ccc(F)cc2OC)CC1.Cl.Cl. The van der Waals surface area contributed by atoms with Crippen molar-refractivity contribution in [2.75, 3.05) is 51.0 Å². The Morgan fingerprint density at radius 1 is 1.03 bits per heavy atom. The van der Waals surface area contributed by atoms with Crippen LogP contribution in [-0.2, 0) is 0 Å². The molecule has 1 amide bonds. The molecule has 0 saturated carbocycles. The highest BCUT2D eigenvalue weighted by molar-refractivity contribution is 6.33. The molecule has 0 aliphatic carbocycles. The molecule has 1 fully saturated rings. The summed E-state index contributed by atoms with van der Waals surface area (Å²) in [6.45, 7) is 2.20. The van der Waals surface area contributed by atoms with E-state index in [9.17, 15) is 9.18 Å². The molecule has 1 heterocycles. The number of benzene rings is 2. The molecule has 0 aromatic heterocycles. The van der Waals surface area contributed by atoms with E-state index in [0.29, 0.717) is 54.0 Å². The average molecular weight is 467 g/mol. The molecule has 0 atom stereocenters. The van der Waals surface area contributed by atoms with Crippen LogP contribution in [0.25, 0.3) is 0 Å². The highest BCUT2D eigenvalue weighted by atomic mass is 35.5. The van der Waals surface area contributed by atoms with E-state index in [4.69, 9.17) is 26.8 Å². The molecule has 3 rings (SSSR count). The number of halogens is 4. The maximum atomic E-state index is 13.4. The number of rotatable bonds is 4. The van der Waals surface area contributed by atoms with E-state index in [-0.39, 0.29) is 36.5 Å². The van der Waals surface area contributed by atoms with Gasteiger partial charge in [0, 0.05) is 38.3 Å². The fourth-order valence-corrected chi connectivity index (χ4v) is 3.30. The van der Waals surface area contributed by atoms with Crippen molar-refractivity contribution in [2.45, 2.75) is 0 Å². The van der Waals surface area contributed by atoms with E-state index < -0.39 is 0 Å². The van der Waals surface area contributed by atoms with Crippen LogP contribution in [0, 0.1) is 5.82 Å². The van der Waals surface area contributed by atoms with Gasteiger partial charge in [-0.3, -0.25) is 4.79 Å². The molecule has 2 aromatic carbocycles. The number of amides is 1.